The van der Waals surface area contributed by atoms with Gasteiger partial charge in [-0.1, -0.05) is 12.1 Å². The van der Waals surface area contributed by atoms with E-state index in [-0.39, 0.29) is 104 Å². The summed E-state index contributed by atoms with van der Waals surface area (Å²) in [6.45, 7) is 0. The molecule has 0 fully saturated rings. The average Bonchev–Trinajstić information content (AvgIpc) is 2.81. The van der Waals surface area contributed by atoms with Crippen LogP contribution in [0.2, 0.25) is 0 Å². The third-order valence-corrected chi connectivity index (χ3v) is 5.22. The number of nitrogens with two attached hydrogens (primary N) is 2. The summed E-state index contributed by atoms with van der Waals surface area (Å²) >= 11 is 0. The molecule has 12 nitrogen and oxygen atoms in total. The van der Waals surface area contributed by atoms with Gasteiger partial charge >= 0.3 is 71.1 Å². The number of nitrogen functional groups attached to an aromatic ring is 2. The second-order valence-electron chi connectivity index (χ2n) is 7.73. The van der Waals surface area contributed by atoms with E-state index in [9.17, 15) is 19.5 Å². The summed E-state index contributed by atoms with van der Waals surface area (Å²) in [5.74, 6) is -0.479. The zero-order valence-electron chi connectivity index (χ0n) is 22.5. The van der Waals surface area contributed by atoms with Gasteiger partial charge in [-0.05, 0) is 30.5 Å². The number of hydrogen-bond acceptors (Lipinski definition) is 9. The normalized spacial score (nSPS) is 11.8. The zero-order chi connectivity index (χ0) is 25.5. The van der Waals surface area contributed by atoms with Gasteiger partial charge in [0.15, 0.2) is 17.0 Å². The number of carboxylic acids is 2. The molecule has 1 amide bonds. The quantitative estimate of drug-likeness (QED) is 0.125. The molecular formula is C23H25N7Na2O5. The number of carbonyl (C=O) groups excluding carboxylic acids is 1. The van der Waals surface area contributed by atoms with Gasteiger partial charge in [-0.25, -0.2) is 14.8 Å². The van der Waals surface area contributed by atoms with E-state index in [0.717, 1.165) is 5.56 Å². The first-order valence-electron chi connectivity index (χ1n) is 10.5. The molecule has 7 N–H and O–H groups in total. The Balaban J connectivity index is 0. The number of nitrogens with one attached hydrogen (secondary N) is 1. The number of fused-ring (bicyclic) bond motifs is 1. The minimum Gasteiger partial charge on any atom is -1.00 e. The molecule has 0 spiro atoms. The number of carbonyl (C=O) groups is 3. The number of hydrogen-bond donors (Lipinski definition) is 5. The molecule has 0 radical (unpaired) electrons. The van der Waals surface area contributed by atoms with Gasteiger partial charge < -0.3 is 29.9 Å². The van der Waals surface area contributed by atoms with Crippen LogP contribution < -0.4 is 75.9 Å². The fourth-order valence-electron chi connectivity index (χ4n) is 3.46. The van der Waals surface area contributed by atoms with Gasteiger partial charge in [0.1, 0.15) is 6.04 Å². The molecule has 0 saturated carbocycles. The molecule has 1 unspecified atom stereocenters. The van der Waals surface area contributed by atoms with Crippen LogP contribution in [-0.2, 0) is 16.0 Å². The third-order valence-electron chi connectivity index (χ3n) is 5.22. The van der Waals surface area contributed by atoms with Crippen LogP contribution in [0.4, 0.5) is 11.8 Å². The predicted octanol–water partition coefficient (Wildman–Crippen LogP) is -4.79. The molecule has 3 aromatic rings. The van der Waals surface area contributed by atoms with Crippen molar-refractivity contribution in [2.75, 3.05) is 11.5 Å². The standard InChI is InChI=1S/C23H23N7O5.2Na.2H/c1-2-3-14(10-15-11-26-20-18(27-15)19(24)29-23(25)30-20)12-4-6-13(7-5-12)21(33)28-16(22(34)35)8-9-17(31)32;;;;/h1,4-7,11,14,16H,3,8-10H2,(H,28,33)(H,31,32)(H,34,35)(H4,24,25,26,29,30);;;;/q;2*+1;2*-1/t14?,16-;;;;/m0..../s1. The first-order chi connectivity index (χ1) is 16.7. The van der Waals surface area contributed by atoms with Crippen molar-refractivity contribution in [1.29, 1.82) is 0 Å². The first kappa shape index (κ1) is 32.2. The molecule has 1 aromatic carbocycles. The van der Waals surface area contributed by atoms with Gasteiger partial charge in [-0.2, -0.15) is 9.97 Å². The summed E-state index contributed by atoms with van der Waals surface area (Å²) in [6.07, 6.45) is 7.32. The van der Waals surface area contributed by atoms with Crippen molar-refractivity contribution >= 4 is 40.8 Å². The van der Waals surface area contributed by atoms with Crippen molar-refractivity contribution < 1.29 is 86.6 Å². The minimum absolute atomic E-state index is 0. The van der Waals surface area contributed by atoms with Crippen LogP contribution >= 0.6 is 0 Å². The zero-order valence-corrected chi connectivity index (χ0v) is 24.5. The summed E-state index contributed by atoms with van der Waals surface area (Å²) in [7, 11) is 0. The maximum atomic E-state index is 12.5. The smallest absolute Gasteiger partial charge is 1.00 e. The van der Waals surface area contributed by atoms with Crippen molar-refractivity contribution in [2.24, 2.45) is 0 Å². The van der Waals surface area contributed by atoms with Crippen LogP contribution in [-0.4, -0.2) is 54.0 Å². The molecule has 2 aromatic heterocycles. The Kier molecular flexibility index (Phi) is 12.9. The van der Waals surface area contributed by atoms with Gasteiger partial charge in [-0.15, -0.1) is 12.3 Å². The molecule has 2 heterocycles. The Hall–Kier alpha value is -2.79. The Morgan fingerprint density at radius 3 is 2.35 bits per heavy atom. The van der Waals surface area contributed by atoms with Crippen LogP contribution in [0.15, 0.2) is 30.5 Å². The van der Waals surface area contributed by atoms with E-state index in [1.54, 1.807) is 30.5 Å². The van der Waals surface area contributed by atoms with Crippen molar-refractivity contribution in [3.8, 4) is 12.3 Å². The van der Waals surface area contributed by atoms with Crippen molar-refractivity contribution in [3.63, 3.8) is 0 Å². The maximum Gasteiger partial charge on any atom is 1.00 e. The second-order valence-corrected chi connectivity index (χ2v) is 7.73. The second kappa shape index (κ2) is 14.8. The van der Waals surface area contributed by atoms with Crippen LogP contribution in [0.25, 0.3) is 11.2 Å². The Bertz CT molecular complexity index is 1330. The fraction of sp³-hybridized carbons (Fsp3) is 0.261. The Morgan fingerprint density at radius 2 is 1.76 bits per heavy atom. The first-order valence-corrected chi connectivity index (χ1v) is 10.5. The number of carboxylic acid groups (broad SMARTS) is 2. The van der Waals surface area contributed by atoms with Crippen molar-refractivity contribution in [3.05, 3.63) is 47.3 Å². The summed E-state index contributed by atoms with van der Waals surface area (Å²) in [5, 5.41) is 20.3. The summed E-state index contributed by atoms with van der Waals surface area (Å²) < 4.78 is 0. The molecule has 0 aliphatic heterocycles. The van der Waals surface area contributed by atoms with Gasteiger partial charge in [0.25, 0.3) is 5.91 Å². The van der Waals surface area contributed by atoms with Crippen molar-refractivity contribution in [2.45, 2.75) is 37.6 Å². The van der Waals surface area contributed by atoms with E-state index in [1.165, 1.54) is 0 Å². The number of benzene rings is 1. The average molecular weight is 525 g/mol. The van der Waals surface area contributed by atoms with Gasteiger partial charge in [-0.3, -0.25) is 9.59 Å². The van der Waals surface area contributed by atoms with E-state index in [1.807, 2.05) is 0 Å². The van der Waals surface area contributed by atoms with Gasteiger partial charge in [0.2, 0.25) is 5.95 Å². The molecule has 14 heteroatoms. The predicted molar refractivity (Wildman–Crippen MR) is 128 cm³/mol. The SMILES string of the molecule is C#CCC(Cc1cnc2nc(N)nc(N)c2n1)c1ccc(C(=O)N[C@@H](CCC(=O)O)C(=O)O)cc1.[H-].[H-].[Na+].[Na+]. The molecule has 0 aliphatic carbocycles. The topological polar surface area (TPSA) is 207 Å². The third kappa shape index (κ3) is 8.92. The number of aliphatic carboxylic acids is 2. The van der Waals surface area contributed by atoms with E-state index < -0.39 is 23.9 Å². The molecule has 2 atom stereocenters. The molecule has 0 aliphatic rings. The van der Waals surface area contributed by atoms with E-state index >= 15 is 0 Å². The summed E-state index contributed by atoms with van der Waals surface area (Å²) in [5.41, 5.74) is 13.8. The van der Waals surface area contributed by atoms with E-state index in [4.69, 9.17) is 23.0 Å². The molecular weight excluding hydrogens is 500 g/mol. The number of aromatic nitrogens is 4. The number of amides is 1. The number of anilines is 2. The molecule has 184 valence electrons. The monoisotopic (exact) mass is 525 g/mol. The van der Waals surface area contributed by atoms with Crippen molar-refractivity contribution in [1.82, 2.24) is 25.3 Å². The van der Waals surface area contributed by atoms with E-state index in [2.05, 4.69) is 31.2 Å². The van der Waals surface area contributed by atoms with Crippen LogP contribution in [0, 0.1) is 12.3 Å². The van der Waals surface area contributed by atoms with E-state index in [0.29, 0.717) is 24.1 Å². The Labute approximate surface area is 259 Å². The molecule has 3 rings (SSSR count). The van der Waals surface area contributed by atoms with Gasteiger partial charge in [0, 0.05) is 24.3 Å². The largest absolute Gasteiger partial charge is 1.00 e. The Morgan fingerprint density at radius 1 is 1.08 bits per heavy atom. The molecule has 0 saturated heterocycles. The number of nitrogens with zero attached hydrogens (tertiary/aromatic N) is 4. The van der Waals surface area contributed by atoms with Crippen LogP contribution in [0.1, 0.15) is 49.6 Å². The molecule has 0 bridgehead atoms. The van der Waals surface area contributed by atoms with Crippen LogP contribution in [0.5, 0.6) is 0 Å². The van der Waals surface area contributed by atoms with Crippen LogP contribution in [0.3, 0.4) is 0 Å². The fourth-order valence-corrected chi connectivity index (χ4v) is 3.46. The summed E-state index contributed by atoms with van der Waals surface area (Å²) in [6, 6.07) is 5.22. The van der Waals surface area contributed by atoms with Gasteiger partial charge in [0.05, 0.1) is 11.9 Å². The summed E-state index contributed by atoms with van der Waals surface area (Å²) in [4.78, 5) is 51.2. The molecule has 37 heavy (non-hydrogen) atoms. The minimum atomic E-state index is -1.31. The number of rotatable bonds is 10. The number of terminal acetylenes is 1. The maximum absolute atomic E-state index is 12.5.